The highest BCUT2D eigenvalue weighted by atomic mass is 35.5. The second-order valence-electron chi connectivity index (χ2n) is 8.92. The normalized spacial score (nSPS) is 12.7. The molecule has 0 radical (unpaired) electrons. The van der Waals surface area contributed by atoms with E-state index in [1.165, 1.54) is 23.0 Å². The molecule has 11 nitrogen and oxygen atoms in total. The van der Waals surface area contributed by atoms with Gasteiger partial charge in [0.25, 0.3) is 0 Å². The van der Waals surface area contributed by atoms with Gasteiger partial charge in [0.2, 0.25) is 5.88 Å². The molecule has 1 saturated heterocycles. The summed E-state index contributed by atoms with van der Waals surface area (Å²) in [7, 11) is 0. The number of nitrogens with zero attached hydrogens (tertiary/aromatic N) is 4. The van der Waals surface area contributed by atoms with Gasteiger partial charge in [-0.1, -0.05) is 23.2 Å². The van der Waals surface area contributed by atoms with Gasteiger partial charge in [-0.2, -0.15) is 0 Å². The first-order valence-electron chi connectivity index (χ1n) is 12.5. The van der Waals surface area contributed by atoms with Crippen molar-refractivity contribution in [1.29, 1.82) is 0 Å². The van der Waals surface area contributed by atoms with E-state index in [4.69, 9.17) is 27.9 Å². The Morgan fingerprint density at radius 3 is 2.46 bits per heavy atom. The molecule has 0 spiro atoms. The quantitative estimate of drug-likeness (QED) is 0.164. The number of hydrogen-bond donors (Lipinski definition) is 4. The van der Waals surface area contributed by atoms with Crippen LogP contribution in [-0.2, 0) is 0 Å². The van der Waals surface area contributed by atoms with Crippen LogP contribution in [-0.4, -0.2) is 56.2 Å². The number of likely N-dealkylation sites (tertiary alicyclic amines) is 1. The van der Waals surface area contributed by atoms with E-state index >= 15 is 0 Å². The molecular weight excluding hydrogens is 589 g/mol. The summed E-state index contributed by atoms with van der Waals surface area (Å²) in [6.45, 7) is 1.43. The minimum Gasteiger partial charge on any atom is -0.492 e. The van der Waals surface area contributed by atoms with Crippen molar-refractivity contribution in [3.8, 4) is 23.1 Å². The number of aromatic nitrogens is 3. The Morgan fingerprint density at radius 2 is 1.73 bits per heavy atom. The summed E-state index contributed by atoms with van der Waals surface area (Å²) in [5.41, 5.74) is 0.880. The maximum atomic E-state index is 12.8. The zero-order chi connectivity index (χ0) is 28.9. The van der Waals surface area contributed by atoms with Crippen molar-refractivity contribution in [1.82, 2.24) is 19.7 Å². The lowest BCUT2D eigenvalue weighted by molar-refractivity contribution is 0.222. The van der Waals surface area contributed by atoms with Crippen molar-refractivity contribution >= 4 is 64.3 Å². The van der Waals surface area contributed by atoms with Crippen LogP contribution in [0.5, 0.6) is 17.4 Å². The van der Waals surface area contributed by atoms with Crippen molar-refractivity contribution in [3.63, 3.8) is 0 Å². The molecule has 1 fully saturated rings. The highest BCUT2D eigenvalue weighted by Gasteiger charge is 2.19. The van der Waals surface area contributed by atoms with E-state index in [0.29, 0.717) is 30.3 Å². The van der Waals surface area contributed by atoms with Crippen LogP contribution in [0.4, 0.5) is 26.9 Å². The molecule has 14 heteroatoms. The van der Waals surface area contributed by atoms with Crippen LogP contribution < -0.4 is 20.7 Å². The first kappa shape index (κ1) is 28.4. The van der Waals surface area contributed by atoms with Crippen LogP contribution in [0.25, 0.3) is 5.69 Å². The fraction of sp³-hybridized carbons (Fsp3) is 0.185. The SMILES string of the molecule is CSc1ccc(-n2nc(O)cc2NC(=O)Nc2ccc(Oc3ccnc(NC(=O)N4CCCC4)c3)c(Cl)c2Cl)cc1. The van der Waals surface area contributed by atoms with Gasteiger partial charge in [-0.25, -0.2) is 19.3 Å². The number of aromatic hydroxyl groups is 1. The molecule has 2 aromatic heterocycles. The van der Waals surface area contributed by atoms with Gasteiger partial charge in [-0.3, -0.25) is 10.6 Å². The molecule has 41 heavy (non-hydrogen) atoms. The Labute approximate surface area is 249 Å². The second kappa shape index (κ2) is 12.6. The number of anilines is 3. The summed E-state index contributed by atoms with van der Waals surface area (Å²) >= 11 is 14.5. The molecule has 1 aliphatic heterocycles. The molecule has 5 rings (SSSR count). The van der Waals surface area contributed by atoms with E-state index in [-0.39, 0.29) is 39.2 Å². The third-order valence-electron chi connectivity index (χ3n) is 6.14. The average Bonchev–Trinajstić information content (AvgIpc) is 3.63. The molecular formula is C27H25Cl2N7O4S. The second-order valence-corrected chi connectivity index (χ2v) is 10.6. The molecule has 4 amide bonds. The maximum Gasteiger partial charge on any atom is 0.324 e. The van der Waals surface area contributed by atoms with Gasteiger partial charge in [-0.05, 0) is 61.6 Å². The van der Waals surface area contributed by atoms with Crippen LogP contribution in [0.2, 0.25) is 10.0 Å². The third kappa shape index (κ3) is 6.79. The number of hydrogen-bond acceptors (Lipinski definition) is 7. The summed E-state index contributed by atoms with van der Waals surface area (Å²) in [4.78, 5) is 32.1. The Bertz CT molecular complexity index is 1580. The number of nitrogens with one attached hydrogen (secondary N) is 3. The Kier molecular flexibility index (Phi) is 8.72. The number of thioether (sulfide) groups is 1. The Hall–Kier alpha value is -4.13. The van der Waals surface area contributed by atoms with E-state index in [1.807, 2.05) is 30.5 Å². The van der Waals surface area contributed by atoms with Crippen LogP contribution in [0.3, 0.4) is 0 Å². The smallest absolute Gasteiger partial charge is 0.324 e. The third-order valence-corrected chi connectivity index (χ3v) is 7.75. The molecule has 4 N–H and O–H groups in total. The summed E-state index contributed by atoms with van der Waals surface area (Å²) < 4.78 is 7.29. The summed E-state index contributed by atoms with van der Waals surface area (Å²) in [6, 6.07) is 14.2. The van der Waals surface area contributed by atoms with Crippen LogP contribution in [0.1, 0.15) is 12.8 Å². The van der Waals surface area contributed by atoms with Crippen molar-refractivity contribution in [2.75, 3.05) is 35.3 Å². The zero-order valence-corrected chi connectivity index (χ0v) is 24.1. The molecule has 4 aromatic rings. The number of carbonyl (C=O) groups is 2. The van der Waals surface area contributed by atoms with Gasteiger partial charge in [0.1, 0.15) is 28.2 Å². The minimum atomic E-state index is -0.633. The van der Waals surface area contributed by atoms with E-state index < -0.39 is 6.03 Å². The summed E-state index contributed by atoms with van der Waals surface area (Å²) in [5, 5.41) is 22.2. The summed E-state index contributed by atoms with van der Waals surface area (Å²) in [5.74, 6) is 0.937. The first-order chi connectivity index (χ1) is 19.8. The topological polar surface area (TPSA) is 134 Å². The standard InChI is InChI=1S/C27H25Cl2N7O4S/c1-41-18-6-4-16(5-7-18)36-22(15-23(37)34-36)33-26(38)31-19-8-9-20(25(29)24(19)28)40-17-10-11-30-21(14-17)32-27(39)35-12-2-3-13-35/h4-11,14-15H,2-3,12-13H2,1H3,(H,34,37)(H,30,32,39)(H2,31,33,38). The number of carbonyl (C=O) groups excluding carboxylic acids is 2. The first-order valence-corrected chi connectivity index (χ1v) is 14.5. The number of halogens is 2. The van der Waals surface area contributed by atoms with Crippen LogP contribution in [0, 0.1) is 0 Å². The van der Waals surface area contributed by atoms with E-state index in [1.54, 1.807) is 34.9 Å². The van der Waals surface area contributed by atoms with Gasteiger partial charge in [0.15, 0.2) is 0 Å². The molecule has 0 aliphatic carbocycles. The molecule has 212 valence electrons. The van der Waals surface area contributed by atoms with Gasteiger partial charge in [0, 0.05) is 36.3 Å². The largest absolute Gasteiger partial charge is 0.492 e. The summed E-state index contributed by atoms with van der Waals surface area (Å²) in [6.07, 6.45) is 5.44. The number of pyridine rings is 1. The van der Waals surface area contributed by atoms with E-state index in [0.717, 1.165) is 17.7 Å². The number of benzene rings is 2. The Balaban J connectivity index is 1.25. The van der Waals surface area contributed by atoms with E-state index in [9.17, 15) is 14.7 Å². The monoisotopic (exact) mass is 613 g/mol. The Morgan fingerprint density at radius 1 is 0.976 bits per heavy atom. The minimum absolute atomic E-state index is 0.0555. The predicted octanol–water partition coefficient (Wildman–Crippen LogP) is 7.07. The average molecular weight is 615 g/mol. The lowest BCUT2D eigenvalue weighted by atomic mass is 10.3. The number of rotatable bonds is 7. The predicted molar refractivity (Wildman–Crippen MR) is 160 cm³/mol. The number of amides is 4. The van der Waals surface area contributed by atoms with Gasteiger partial charge in [-0.15, -0.1) is 16.9 Å². The highest BCUT2D eigenvalue weighted by Crippen LogP contribution is 2.40. The maximum absolute atomic E-state index is 12.8. The fourth-order valence-corrected chi connectivity index (χ4v) is 4.95. The molecule has 3 heterocycles. The molecule has 1 aliphatic rings. The number of ether oxygens (including phenoxy) is 1. The van der Waals surface area contributed by atoms with E-state index in [2.05, 4.69) is 26.0 Å². The van der Waals surface area contributed by atoms with Crippen LogP contribution >= 0.6 is 35.0 Å². The van der Waals surface area contributed by atoms with Crippen molar-refractivity contribution < 1.29 is 19.4 Å². The van der Waals surface area contributed by atoms with Crippen LogP contribution in [0.15, 0.2) is 65.7 Å². The van der Waals surface area contributed by atoms with Crippen molar-refractivity contribution in [2.45, 2.75) is 17.7 Å². The van der Waals surface area contributed by atoms with Crippen molar-refractivity contribution in [3.05, 3.63) is 70.8 Å². The molecule has 0 saturated carbocycles. The highest BCUT2D eigenvalue weighted by molar-refractivity contribution is 7.98. The van der Waals surface area contributed by atoms with Gasteiger partial charge >= 0.3 is 12.1 Å². The molecule has 0 atom stereocenters. The van der Waals surface area contributed by atoms with Gasteiger partial charge in [0.05, 0.1) is 16.4 Å². The zero-order valence-electron chi connectivity index (χ0n) is 21.7. The van der Waals surface area contributed by atoms with Crippen molar-refractivity contribution in [2.24, 2.45) is 0 Å². The molecule has 0 bridgehead atoms. The lowest BCUT2D eigenvalue weighted by Crippen LogP contribution is -2.32. The number of urea groups is 2. The fourth-order valence-electron chi connectivity index (χ4n) is 4.13. The van der Waals surface area contributed by atoms with Gasteiger partial charge < -0.3 is 20.1 Å². The molecule has 2 aromatic carbocycles. The molecule has 0 unspecified atom stereocenters. The lowest BCUT2D eigenvalue weighted by Gasteiger charge is -2.16.